The summed E-state index contributed by atoms with van der Waals surface area (Å²) in [6.45, 7) is 7.97. The third-order valence-electron chi connectivity index (χ3n) is 3.83. The number of guanidine groups is 1. The molecular weight excluding hydrogens is 434 g/mol. The summed E-state index contributed by atoms with van der Waals surface area (Å²) in [5.74, 6) is 1.27. The van der Waals surface area contributed by atoms with Crippen LogP contribution in [-0.4, -0.2) is 33.8 Å². The molecule has 1 heterocycles. The zero-order valence-corrected chi connectivity index (χ0v) is 17.4. The molecule has 0 bridgehead atoms. The highest BCUT2D eigenvalue weighted by atomic mass is 127. The van der Waals surface area contributed by atoms with Crippen LogP contribution in [-0.2, 0) is 19.0 Å². The first-order valence-electron chi connectivity index (χ1n) is 8.03. The lowest BCUT2D eigenvalue weighted by Gasteiger charge is -2.26. The largest absolute Gasteiger partial charge is 0.357 e. The topological polar surface area (TPSA) is 67.1 Å². The summed E-state index contributed by atoms with van der Waals surface area (Å²) in [6.07, 6.45) is 1.51. The minimum absolute atomic E-state index is 0. The van der Waals surface area contributed by atoms with E-state index in [2.05, 4.69) is 39.6 Å². The lowest BCUT2D eigenvalue weighted by Crippen LogP contribution is -2.43. The summed E-state index contributed by atoms with van der Waals surface area (Å²) in [7, 11) is 1.84. The smallest absolute Gasteiger partial charge is 0.191 e. The lowest BCUT2D eigenvalue weighted by molar-refractivity contribution is 0.503. The highest BCUT2D eigenvalue weighted by molar-refractivity contribution is 14.0. The Hall–Kier alpha value is -1.71. The van der Waals surface area contributed by atoms with E-state index >= 15 is 0 Å². The third kappa shape index (κ3) is 6.26. The maximum atomic E-state index is 13.5. The van der Waals surface area contributed by atoms with Gasteiger partial charge in [0.1, 0.15) is 24.5 Å². The van der Waals surface area contributed by atoms with Crippen molar-refractivity contribution in [2.75, 3.05) is 13.1 Å². The predicted octanol–water partition coefficient (Wildman–Crippen LogP) is 2.61. The molecule has 6 nitrogen and oxygen atoms in total. The summed E-state index contributed by atoms with van der Waals surface area (Å²) in [5.41, 5.74) is 0.711. The van der Waals surface area contributed by atoms with Crippen molar-refractivity contribution in [1.29, 1.82) is 0 Å². The maximum Gasteiger partial charge on any atom is 0.191 e. The maximum absolute atomic E-state index is 13.5. The van der Waals surface area contributed by atoms with Crippen LogP contribution in [0.4, 0.5) is 4.39 Å². The Morgan fingerprint density at radius 3 is 2.68 bits per heavy atom. The van der Waals surface area contributed by atoms with Crippen LogP contribution in [0.5, 0.6) is 0 Å². The average Bonchev–Trinajstić information content (AvgIpc) is 2.95. The van der Waals surface area contributed by atoms with Crippen LogP contribution in [0.1, 0.15) is 32.2 Å². The molecule has 0 atom stereocenters. The Morgan fingerprint density at radius 1 is 1.32 bits per heavy atom. The molecule has 0 aliphatic carbocycles. The predicted molar refractivity (Wildman–Crippen MR) is 109 cm³/mol. The quantitative estimate of drug-likeness (QED) is 0.395. The van der Waals surface area contributed by atoms with Crippen LogP contribution < -0.4 is 10.6 Å². The van der Waals surface area contributed by atoms with Crippen LogP contribution in [0, 0.1) is 5.82 Å². The van der Waals surface area contributed by atoms with E-state index in [1.165, 1.54) is 12.4 Å². The minimum Gasteiger partial charge on any atom is -0.357 e. The summed E-state index contributed by atoms with van der Waals surface area (Å²) < 4.78 is 15.2. The third-order valence-corrected chi connectivity index (χ3v) is 3.83. The van der Waals surface area contributed by atoms with Gasteiger partial charge in [0.05, 0.1) is 0 Å². The van der Waals surface area contributed by atoms with Crippen molar-refractivity contribution in [3.8, 4) is 0 Å². The Kier molecular flexibility index (Phi) is 8.27. The van der Waals surface area contributed by atoms with Gasteiger partial charge in [-0.05, 0) is 24.6 Å². The second-order valence-electron chi connectivity index (χ2n) is 6.24. The van der Waals surface area contributed by atoms with Crippen molar-refractivity contribution in [1.82, 2.24) is 25.4 Å². The molecule has 2 rings (SSSR count). The van der Waals surface area contributed by atoms with E-state index in [1.807, 2.05) is 20.0 Å². The first kappa shape index (κ1) is 21.3. The summed E-state index contributed by atoms with van der Waals surface area (Å²) in [4.78, 5) is 8.69. The molecule has 0 aliphatic rings. The number of aryl methyl sites for hydroxylation is 1. The van der Waals surface area contributed by atoms with E-state index in [9.17, 15) is 4.39 Å². The van der Waals surface area contributed by atoms with Gasteiger partial charge in [-0.2, -0.15) is 5.10 Å². The molecule has 2 aromatic rings. The van der Waals surface area contributed by atoms with Crippen LogP contribution in [0.25, 0.3) is 0 Å². The SMILES string of the molecule is CCNC(=NCc1ncnn1C)NCC(C)(C)c1cccc(F)c1.I. The van der Waals surface area contributed by atoms with Crippen molar-refractivity contribution >= 4 is 29.9 Å². The molecule has 0 fully saturated rings. The van der Waals surface area contributed by atoms with Gasteiger partial charge in [-0.3, -0.25) is 4.68 Å². The van der Waals surface area contributed by atoms with Gasteiger partial charge in [-0.15, -0.1) is 24.0 Å². The van der Waals surface area contributed by atoms with Gasteiger partial charge in [0.25, 0.3) is 0 Å². The molecule has 0 saturated carbocycles. The Labute approximate surface area is 165 Å². The number of hydrogen-bond acceptors (Lipinski definition) is 3. The molecule has 0 aliphatic heterocycles. The minimum atomic E-state index is -0.233. The molecule has 0 spiro atoms. The van der Waals surface area contributed by atoms with E-state index in [0.717, 1.165) is 17.9 Å². The number of rotatable bonds is 6. The second-order valence-corrected chi connectivity index (χ2v) is 6.24. The zero-order chi connectivity index (χ0) is 17.6. The van der Waals surface area contributed by atoms with Crippen LogP contribution in [0.15, 0.2) is 35.6 Å². The van der Waals surface area contributed by atoms with Gasteiger partial charge in [0, 0.05) is 25.6 Å². The molecule has 2 N–H and O–H groups in total. The molecule has 0 unspecified atom stereocenters. The van der Waals surface area contributed by atoms with Crippen LogP contribution in [0.2, 0.25) is 0 Å². The fourth-order valence-electron chi connectivity index (χ4n) is 2.27. The first-order chi connectivity index (χ1) is 11.4. The number of aliphatic imine (C=N–C) groups is 1. The summed E-state index contributed by atoms with van der Waals surface area (Å²) in [5, 5.41) is 10.6. The van der Waals surface area contributed by atoms with E-state index in [1.54, 1.807) is 16.8 Å². The highest BCUT2D eigenvalue weighted by Gasteiger charge is 2.21. The van der Waals surface area contributed by atoms with Crippen LogP contribution in [0.3, 0.4) is 0 Å². The normalized spacial score (nSPS) is 11.8. The average molecular weight is 460 g/mol. The monoisotopic (exact) mass is 460 g/mol. The first-order valence-corrected chi connectivity index (χ1v) is 8.03. The fourth-order valence-corrected chi connectivity index (χ4v) is 2.27. The van der Waals surface area contributed by atoms with Crippen LogP contribution >= 0.6 is 24.0 Å². The van der Waals surface area contributed by atoms with Gasteiger partial charge in [-0.25, -0.2) is 14.4 Å². The number of benzene rings is 1. The standard InChI is InChI=1S/C17H25FN6.HI/c1-5-19-16(20-10-15-22-12-23-24(15)4)21-11-17(2,3)13-7-6-8-14(18)9-13;/h6-9,12H,5,10-11H2,1-4H3,(H2,19,20,21);1H. The van der Waals surface area contributed by atoms with Gasteiger partial charge in [0.2, 0.25) is 0 Å². The molecule has 0 radical (unpaired) electrons. The van der Waals surface area contributed by atoms with Crippen molar-refractivity contribution in [3.05, 3.63) is 47.8 Å². The molecule has 1 aromatic carbocycles. The fraction of sp³-hybridized carbons (Fsp3) is 0.471. The molecule has 1 aromatic heterocycles. The van der Waals surface area contributed by atoms with E-state index < -0.39 is 0 Å². The number of nitrogens with one attached hydrogen (secondary N) is 2. The summed E-state index contributed by atoms with van der Waals surface area (Å²) >= 11 is 0. The zero-order valence-electron chi connectivity index (χ0n) is 15.1. The molecule has 0 saturated heterocycles. The molecule has 0 amide bonds. The number of nitrogens with zero attached hydrogens (tertiary/aromatic N) is 4. The Morgan fingerprint density at radius 2 is 2.08 bits per heavy atom. The molecule has 138 valence electrons. The van der Waals surface area contributed by atoms with Crippen molar-refractivity contribution in [2.45, 2.75) is 32.7 Å². The van der Waals surface area contributed by atoms with E-state index in [0.29, 0.717) is 19.0 Å². The number of halogens is 2. The second kappa shape index (κ2) is 9.69. The molecule has 25 heavy (non-hydrogen) atoms. The molecular formula is C17H26FIN6. The lowest BCUT2D eigenvalue weighted by atomic mass is 9.84. The highest BCUT2D eigenvalue weighted by Crippen LogP contribution is 2.22. The van der Waals surface area contributed by atoms with Crippen molar-refractivity contribution in [3.63, 3.8) is 0 Å². The van der Waals surface area contributed by atoms with Gasteiger partial charge >= 0.3 is 0 Å². The van der Waals surface area contributed by atoms with Crippen molar-refractivity contribution in [2.24, 2.45) is 12.0 Å². The van der Waals surface area contributed by atoms with E-state index in [-0.39, 0.29) is 35.2 Å². The van der Waals surface area contributed by atoms with E-state index in [4.69, 9.17) is 0 Å². The van der Waals surface area contributed by atoms with Gasteiger partial charge in [0.15, 0.2) is 5.96 Å². The van der Waals surface area contributed by atoms with Crippen molar-refractivity contribution < 1.29 is 4.39 Å². The van der Waals surface area contributed by atoms with Gasteiger partial charge < -0.3 is 10.6 Å². The summed E-state index contributed by atoms with van der Waals surface area (Å²) in [6, 6.07) is 6.71. The molecule has 8 heteroatoms. The Bertz CT molecular complexity index is 698. The number of hydrogen-bond donors (Lipinski definition) is 2. The Balaban J connectivity index is 0.00000312. The number of aromatic nitrogens is 3. The van der Waals surface area contributed by atoms with Gasteiger partial charge in [-0.1, -0.05) is 26.0 Å².